The first-order chi connectivity index (χ1) is 8.69. The molecule has 2 nitrogen and oxygen atoms in total. The number of hydrogen-bond donors (Lipinski definition) is 1. The van der Waals surface area contributed by atoms with E-state index in [4.69, 9.17) is 27.9 Å². The van der Waals surface area contributed by atoms with Crippen LogP contribution in [0.25, 0.3) is 0 Å². The third-order valence-corrected chi connectivity index (χ3v) is 3.14. The van der Waals surface area contributed by atoms with Gasteiger partial charge in [-0.2, -0.15) is 0 Å². The largest absolute Gasteiger partial charge is 0.492 e. The zero-order chi connectivity index (χ0) is 13.4. The molecule has 0 saturated heterocycles. The van der Waals surface area contributed by atoms with E-state index in [0.717, 1.165) is 30.8 Å². The van der Waals surface area contributed by atoms with Gasteiger partial charge in [-0.3, -0.25) is 0 Å². The molecule has 1 aromatic carbocycles. The summed E-state index contributed by atoms with van der Waals surface area (Å²) in [5, 5.41) is 4.50. The maximum Gasteiger partial charge on any atom is 0.142 e. The summed E-state index contributed by atoms with van der Waals surface area (Å²) in [6.07, 6.45) is 3.41. The summed E-state index contributed by atoms with van der Waals surface area (Å²) >= 11 is 12.2. The predicted molar refractivity (Wildman–Crippen MR) is 78.9 cm³/mol. The third kappa shape index (κ3) is 5.05. The smallest absolute Gasteiger partial charge is 0.142 e. The minimum atomic E-state index is 0.590. The standard InChI is InChI=1S/C14H21Cl2NO/c1-3-5-6-7-18-14-11(10-17-4-2)8-12(15)9-13(14)16/h8-9,17H,3-7,10H2,1-2H3. The van der Waals surface area contributed by atoms with Crippen LogP contribution >= 0.6 is 23.2 Å². The van der Waals surface area contributed by atoms with Gasteiger partial charge in [-0.15, -0.1) is 0 Å². The van der Waals surface area contributed by atoms with Gasteiger partial charge in [0.15, 0.2) is 0 Å². The van der Waals surface area contributed by atoms with Gasteiger partial charge in [-0.25, -0.2) is 0 Å². The SMILES string of the molecule is CCCCCOc1c(Cl)cc(Cl)cc1CNCC. The number of unbranched alkanes of at least 4 members (excludes halogenated alkanes) is 2. The molecule has 0 unspecified atom stereocenters. The Morgan fingerprint density at radius 1 is 1.17 bits per heavy atom. The molecule has 0 radical (unpaired) electrons. The van der Waals surface area contributed by atoms with Crippen LogP contribution in [0, 0.1) is 0 Å². The molecular formula is C14H21Cl2NO. The molecule has 0 aliphatic rings. The average molecular weight is 290 g/mol. The third-order valence-electron chi connectivity index (χ3n) is 2.65. The van der Waals surface area contributed by atoms with E-state index in [1.165, 1.54) is 12.8 Å². The van der Waals surface area contributed by atoms with E-state index in [-0.39, 0.29) is 0 Å². The van der Waals surface area contributed by atoms with E-state index in [9.17, 15) is 0 Å². The minimum Gasteiger partial charge on any atom is -0.492 e. The van der Waals surface area contributed by atoms with Crippen LogP contribution in [0.4, 0.5) is 0 Å². The fourth-order valence-electron chi connectivity index (χ4n) is 1.69. The van der Waals surface area contributed by atoms with Gasteiger partial charge < -0.3 is 10.1 Å². The summed E-state index contributed by atoms with van der Waals surface area (Å²) in [6.45, 7) is 6.56. The van der Waals surface area contributed by atoms with Crippen molar-refractivity contribution in [1.29, 1.82) is 0 Å². The highest BCUT2D eigenvalue weighted by Crippen LogP contribution is 2.32. The van der Waals surface area contributed by atoms with Crippen molar-refractivity contribution < 1.29 is 4.74 Å². The minimum absolute atomic E-state index is 0.590. The van der Waals surface area contributed by atoms with Crippen molar-refractivity contribution in [3.8, 4) is 5.75 Å². The van der Waals surface area contributed by atoms with Crippen LogP contribution in [0.2, 0.25) is 10.0 Å². The molecule has 0 aliphatic carbocycles. The molecule has 18 heavy (non-hydrogen) atoms. The zero-order valence-electron chi connectivity index (χ0n) is 11.1. The van der Waals surface area contributed by atoms with Crippen molar-refractivity contribution in [1.82, 2.24) is 5.32 Å². The van der Waals surface area contributed by atoms with Gasteiger partial charge in [-0.1, -0.05) is 49.9 Å². The average Bonchev–Trinajstić information content (AvgIpc) is 2.34. The number of ether oxygens (including phenoxy) is 1. The number of halogens is 2. The van der Waals surface area contributed by atoms with Gasteiger partial charge in [0.2, 0.25) is 0 Å². The molecule has 102 valence electrons. The maximum absolute atomic E-state index is 6.19. The van der Waals surface area contributed by atoms with Crippen LogP contribution in [-0.2, 0) is 6.54 Å². The van der Waals surface area contributed by atoms with Gasteiger partial charge in [0, 0.05) is 17.1 Å². The van der Waals surface area contributed by atoms with Crippen LogP contribution in [0.1, 0.15) is 38.7 Å². The highest BCUT2D eigenvalue weighted by molar-refractivity contribution is 6.35. The Bertz CT molecular complexity index is 369. The Hall–Kier alpha value is -0.440. The first-order valence-electron chi connectivity index (χ1n) is 6.50. The lowest BCUT2D eigenvalue weighted by Crippen LogP contribution is -2.13. The van der Waals surface area contributed by atoms with Crippen molar-refractivity contribution in [3.63, 3.8) is 0 Å². The Kier molecular flexibility index (Phi) is 7.48. The summed E-state index contributed by atoms with van der Waals surface area (Å²) in [6, 6.07) is 3.64. The van der Waals surface area contributed by atoms with Gasteiger partial charge >= 0.3 is 0 Å². The van der Waals surface area contributed by atoms with Gasteiger partial charge in [0.25, 0.3) is 0 Å². The summed E-state index contributed by atoms with van der Waals surface area (Å²) in [5.74, 6) is 0.762. The molecule has 0 aromatic heterocycles. The summed E-state index contributed by atoms with van der Waals surface area (Å²) < 4.78 is 5.79. The highest BCUT2D eigenvalue weighted by atomic mass is 35.5. The molecule has 0 atom stereocenters. The van der Waals surface area contributed by atoms with E-state index >= 15 is 0 Å². The van der Waals surface area contributed by atoms with Crippen molar-refractivity contribution in [2.75, 3.05) is 13.2 Å². The molecule has 1 aromatic rings. The normalized spacial score (nSPS) is 10.7. The van der Waals surface area contributed by atoms with Crippen molar-refractivity contribution >= 4 is 23.2 Å². The number of rotatable bonds is 8. The summed E-state index contributed by atoms with van der Waals surface area (Å²) in [4.78, 5) is 0. The molecular weight excluding hydrogens is 269 g/mol. The van der Waals surface area contributed by atoms with E-state index in [2.05, 4.69) is 19.2 Å². The van der Waals surface area contributed by atoms with Crippen LogP contribution in [0.15, 0.2) is 12.1 Å². The van der Waals surface area contributed by atoms with Crippen LogP contribution in [0.5, 0.6) is 5.75 Å². The second-order valence-electron chi connectivity index (χ2n) is 4.21. The predicted octanol–water partition coefficient (Wildman–Crippen LogP) is 4.67. The molecule has 0 amide bonds. The maximum atomic E-state index is 6.19. The quantitative estimate of drug-likeness (QED) is 0.702. The van der Waals surface area contributed by atoms with Gasteiger partial charge in [0.05, 0.1) is 11.6 Å². The second kappa shape index (κ2) is 8.63. The van der Waals surface area contributed by atoms with E-state index in [0.29, 0.717) is 16.7 Å². The number of nitrogens with one attached hydrogen (secondary N) is 1. The van der Waals surface area contributed by atoms with E-state index in [1.807, 2.05) is 6.07 Å². The Morgan fingerprint density at radius 3 is 2.61 bits per heavy atom. The van der Waals surface area contributed by atoms with Gasteiger partial charge in [-0.05, 0) is 25.1 Å². The second-order valence-corrected chi connectivity index (χ2v) is 5.06. The molecule has 0 fully saturated rings. The molecule has 1 N–H and O–H groups in total. The Balaban J connectivity index is 2.72. The lowest BCUT2D eigenvalue weighted by Gasteiger charge is -2.14. The van der Waals surface area contributed by atoms with Gasteiger partial charge in [0.1, 0.15) is 5.75 Å². The van der Waals surface area contributed by atoms with Crippen LogP contribution < -0.4 is 10.1 Å². The van der Waals surface area contributed by atoms with Crippen LogP contribution in [0.3, 0.4) is 0 Å². The van der Waals surface area contributed by atoms with Crippen molar-refractivity contribution in [2.24, 2.45) is 0 Å². The van der Waals surface area contributed by atoms with E-state index < -0.39 is 0 Å². The molecule has 0 heterocycles. The first-order valence-corrected chi connectivity index (χ1v) is 7.26. The van der Waals surface area contributed by atoms with E-state index in [1.54, 1.807) is 6.07 Å². The van der Waals surface area contributed by atoms with Crippen molar-refractivity contribution in [3.05, 3.63) is 27.7 Å². The first kappa shape index (κ1) is 15.6. The molecule has 0 saturated carbocycles. The fourth-order valence-corrected chi connectivity index (χ4v) is 2.28. The fraction of sp³-hybridized carbons (Fsp3) is 0.571. The molecule has 1 rings (SSSR count). The number of benzene rings is 1. The molecule has 4 heteroatoms. The van der Waals surface area contributed by atoms with Crippen LogP contribution in [-0.4, -0.2) is 13.2 Å². The Labute approximate surface area is 120 Å². The highest BCUT2D eigenvalue weighted by Gasteiger charge is 2.10. The Morgan fingerprint density at radius 2 is 1.94 bits per heavy atom. The lowest BCUT2D eigenvalue weighted by atomic mass is 10.2. The summed E-state index contributed by atoms with van der Waals surface area (Å²) in [7, 11) is 0. The van der Waals surface area contributed by atoms with Crippen molar-refractivity contribution in [2.45, 2.75) is 39.7 Å². The number of hydrogen-bond acceptors (Lipinski definition) is 2. The molecule has 0 aliphatic heterocycles. The topological polar surface area (TPSA) is 21.3 Å². The molecule has 0 spiro atoms. The zero-order valence-corrected chi connectivity index (χ0v) is 12.6. The monoisotopic (exact) mass is 289 g/mol. The summed E-state index contributed by atoms with van der Waals surface area (Å²) in [5.41, 5.74) is 1.02. The molecule has 0 bridgehead atoms. The lowest BCUT2D eigenvalue weighted by molar-refractivity contribution is 0.303.